The Morgan fingerprint density at radius 2 is 1.96 bits per heavy atom. The lowest BCUT2D eigenvalue weighted by Crippen LogP contribution is -2.37. The van der Waals surface area contributed by atoms with Crippen LogP contribution in [0.1, 0.15) is 43.7 Å². The maximum atomic E-state index is 12.6. The summed E-state index contributed by atoms with van der Waals surface area (Å²) in [6.45, 7) is -1.11. The van der Waals surface area contributed by atoms with Crippen molar-refractivity contribution in [2.75, 3.05) is 19.7 Å². The third kappa shape index (κ3) is 6.53. The van der Waals surface area contributed by atoms with Gasteiger partial charge in [0.05, 0.1) is 6.04 Å². The molecule has 2 amide bonds. The van der Waals surface area contributed by atoms with Gasteiger partial charge in [0.2, 0.25) is 5.91 Å². The molecule has 0 saturated carbocycles. The zero-order valence-corrected chi connectivity index (χ0v) is 14.3. The van der Waals surface area contributed by atoms with Gasteiger partial charge in [0.25, 0.3) is 0 Å². The van der Waals surface area contributed by atoms with Crippen LogP contribution in [0.5, 0.6) is 0 Å². The average Bonchev–Trinajstić information content (AvgIpc) is 2.86. The number of aromatic nitrogens is 1. The SMILES string of the molecule is O=C(NCCC(=O)N1CCCCCC1c1ccncc1)OCC(F)(F)F. The van der Waals surface area contributed by atoms with Crippen molar-refractivity contribution in [1.29, 1.82) is 0 Å². The summed E-state index contributed by atoms with van der Waals surface area (Å²) < 4.78 is 40.0. The maximum Gasteiger partial charge on any atom is 0.422 e. The number of hydrogen-bond acceptors (Lipinski definition) is 4. The van der Waals surface area contributed by atoms with E-state index in [-0.39, 0.29) is 24.9 Å². The van der Waals surface area contributed by atoms with Crippen molar-refractivity contribution in [2.45, 2.75) is 44.3 Å². The number of pyridine rings is 1. The number of amides is 2. The minimum atomic E-state index is -4.57. The van der Waals surface area contributed by atoms with Gasteiger partial charge in [-0.05, 0) is 30.5 Å². The standard InChI is InChI=1S/C17H22F3N3O3/c18-17(19,20)12-26-16(25)22-10-7-15(24)23-11-3-1-2-4-14(23)13-5-8-21-9-6-13/h5-6,8-9,14H,1-4,7,10-12H2,(H,22,25). The number of carbonyl (C=O) groups is 2. The average molecular weight is 373 g/mol. The number of nitrogens with one attached hydrogen (secondary N) is 1. The van der Waals surface area contributed by atoms with Crippen LogP contribution in [0.25, 0.3) is 0 Å². The van der Waals surface area contributed by atoms with Crippen molar-refractivity contribution in [3.05, 3.63) is 30.1 Å². The Balaban J connectivity index is 1.86. The van der Waals surface area contributed by atoms with E-state index in [0.29, 0.717) is 6.54 Å². The van der Waals surface area contributed by atoms with Gasteiger partial charge in [-0.25, -0.2) is 4.79 Å². The van der Waals surface area contributed by atoms with Crippen molar-refractivity contribution in [3.63, 3.8) is 0 Å². The Morgan fingerprint density at radius 1 is 1.23 bits per heavy atom. The highest BCUT2D eigenvalue weighted by Crippen LogP contribution is 2.30. The van der Waals surface area contributed by atoms with E-state index in [1.807, 2.05) is 12.1 Å². The fourth-order valence-electron chi connectivity index (χ4n) is 2.95. The molecule has 2 heterocycles. The number of carbonyl (C=O) groups excluding carboxylic acids is 2. The van der Waals surface area contributed by atoms with Gasteiger partial charge in [-0.2, -0.15) is 13.2 Å². The molecule has 0 bridgehead atoms. The van der Waals surface area contributed by atoms with Gasteiger partial charge in [0.15, 0.2) is 6.61 Å². The molecule has 1 unspecified atom stereocenters. The van der Waals surface area contributed by atoms with Crippen LogP contribution in [0.3, 0.4) is 0 Å². The molecule has 1 aliphatic rings. The third-order valence-electron chi connectivity index (χ3n) is 4.14. The van der Waals surface area contributed by atoms with E-state index in [1.54, 1.807) is 17.3 Å². The molecule has 1 N–H and O–H groups in total. The van der Waals surface area contributed by atoms with Gasteiger partial charge in [-0.3, -0.25) is 9.78 Å². The highest BCUT2D eigenvalue weighted by molar-refractivity contribution is 5.77. The summed E-state index contributed by atoms with van der Waals surface area (Å²) in [5, 5.41) is 2.18. The Hall–Kier alpha value is -2.32. The second kappa shape index (κ2) is 9.40. The molecule has 1 atom stereocenters. The Kier molecular flexibility index (Phi) is 7.23. The Bertz CT molecular complexity index is 596. The van der Waals surface area contributed by atoms with Crippen molar-refractivity contribution >= 4 is 12.0 Å². The first-order chi connectivity index (χ1) is 12.4. The van der Waals surface area contributed by atoms with E-state index in [4.69, 9.17) is 0 Å². The second-order valence-corrected chi connectivity index (χ2v) is 6.10. The van der Waals surface area contributed by atoms with Crippen LogP contribution in [0.4, 0.5) is 18.0 Å². The molecule has 9 heteroatoms. The summed E-state index contributed by atoms with van der Waals surface area (Å²) in [6, 6.07) is 3.71. The molecule has 0 aromatic carbocycles. The lowest BCUT2D eigenvalue weighted by Gasteiger charge is -2.30. The molecule has 144 valence electrons. The Labute approximate surface area is 149 Å². The normalized spacial score (nSPS) is 18.1. The summed E-state index contributed by atoms with van der Waals surface area (Å²) in [5.41, 5.74) is 1.01. The molecular formula is C17H22F3N3O3. The number of nitrogens with zero attached hydrogens (tertiary/aromatic N) is 2. The minimum absolute atomic E-state index is 0.00268. The fraction of sp³-hybridized carbons (Fsp3) is 0.588. The highest BCUT2D eigenvalue weighted by Gasteiger charge is 2.30. The molecule has 1 fully saturated rings. The quantitative estimate of drug-likeness (QED) is 0.860. The molecule has 0 radical (unpaired) electrons. The number of likely N-dealkylation sites (tertiary alicyclic amines) is 1. The summed E-state index contributed by atoms with van der Waals surface area (Å²) >= 11 is 0. The van der Waals surface area contributed by atoms with Gasteiger partial charge in [0.1, 0.15) is 0 Å². The topological polar surface area (TPSA) is 71.5 Å². The number of halogens is 3. The molecule has 1 aromatic heterocycles. The first-order valence-electron chi connectivity index (χ1n) is 8.53. The summed E-state index contributed by atoms with van der Waals surface area (Å²) in [7, 11) is 0. The summed E-state index contributed by atoms with van der Waals surface area (Å²) in [5.74, 6) is -0.148. The number of ether oxygens (including phenoxy) is 1. The van der Waals surface area contributed by atoms with Crippen molar-refractivity contribution in [2.24, 2.45) is 0 Å². The lowest BCUT2D eigenvalue weighted by molar-refractivity contribution is -0.160. The van der Waals surface area contributed by atoms with Crippen LogP contribution in [0, 0.1) is 0 Å². The molecular weight excluding hydrogens is 351 g/mol. The van der Waals surface area contributed by atoms with Crippen LogP contribution in [-0.2, 0) is 9.53 Å². The van der Waals surface area contributed by atoms with Crippen LogP contribution in [-0.4, -0.2) is 47.8 Å². The highest BCUT2D eigenvalue weighted by atomic mass is 19.4. The van der Waals surface area contributed by atoms with Crippen LogP contribution in [0.2, 0.25) is 0 Å². The van der Waals surface area contributed by atoms with Gasteiger partial charge in [0, 0.05) is 31.9 Å². The van der Waals surface area contributed by atoms with Gasteiger partial charge in [-0.1, -0.05) is 12.8 Å². The first kappa shape index (κ1) is 20.0. The van der Waals surface area contributed by atoms with Gasteiger partial charge >= 0.3 is 12.3 Å². The zero-order chi connectivity index (χ0) is 19.0. The van der Waals surface area contributed by atoms with E-state index in [2.05, 4.69) is 15.0 Å². The predicted molar refractivity (Wildman–Crippen MR) is 87.2 cm³/mol. The van der Waals surface area contributed by atoms with E-state index < -0.39 is 18.9 Å². The summed E-state index contributed by atoms with van der Waals surface area (Å²) in [6.07, 6.45) is 1.40. The molecule has 1 aliphatic heterocycles. The molecule has 0 spiro atoms. The van der Waals surface area contributed by atoms with E-state index in [0.717, 1.165) is 31.2 Å². The van der Waals surface area contributed by atoms with Crippen LogP contribution in [0.15, 0.2) is 24.5 Å². The zero-order valence-electron chi connectivity index (χ0n) is 14.3. The second-order valence-electron chi connectivity index (χ2n) is 6.10. The molecule has 1 saturated heterocycles. The number of hydrogen-bond donors (Lipinski definition) is 1. The van der Waals surface area contributed by atoms with Crippen LogP contribution >= 0.6 is 0 Å². The lowest BCUT2D eigenvalue weighted by atomic mass is 10.0. The number of rotatable bonds is 5. The fourth-order valence-corrected chi connectivity index (χ4v) is 2.95. The van der Waals surface area contributed by atoms with Crippen molar-refractivity contribution < 1.29 is 27.5 Å². The van der Waals surface area contributed by atoms with Crippen molar-refractivity contribution in [1.82, 2.24) is 15.2 Å². The minimum Gasteiger partial charge on any atom is -0.440 e. The van der Waals surface area contributed by atoms with E-state index >= 15 is 0 Å². The van der Waals surface area contributed by atoms with Gasteiger partial charge in [-0.15, -0.1) is 0 Å². The monoisotopic (exact) mass is 373 g/mol. The third-order valence-corrected chi connectivity index (χ3v) is 4.14. The van der Waals surface area contributed by atoms with Crippen molar-refractivity contribution in [3.8, 4) is 0 Å². The molecule has 1 aromatic rings. The predicted octanol–water partition coefficient (Wildman–Crippen LogP) is 3.20. The smallest absolute Gasteiger partial charge is 0.422 e. The maximum absolute atomic E-state index is 12.6. The molecule has 2 rings (SSSR count). The van der Waals surface area contributed by atoms with E-state index in [9.17, 15) is 22.8 Å². The molecule has 0 aliphatic carbocycles. The summed E-state index contributed by atoms with van der Waals surface area (Å²) in [4.78, 5) is 29.6. The first-order valence-corrected chi connectivity index (χ1v) is 8.53. The molecule has 6 nitrogen and oxygen atoms in total. The van der Waals surface area contributed by atoms with Crippen LogP contribution < -0.4 is 5.32 Å². The van der Waals surface area contributed by atoms with Gasteiger partial charge < -0.3 is 15.0 Å². The number of alkyl carbamates (subject to hydrolysis) is 1. The van der Waals surface area contributed by atoms with E-state index in [1.165, 1.54) is 0 Å². The number of alkyl halides is 3. The molecule has 26 heavy (non-hydrogen) atoms. The Morgan fingerprint density at radius 3 is 2.65 bits per heavy atom. The largest absolute Gasteiger partial charge is 0.440 e.